The highest BCUT2D eigenvalue weighted by molar-refractivity contribution is 6.31. The number of rotatable bonds is 6. The molecule has 1 aromatic carbocycles. The Bertz CT molecular complexity index is 689. The van der Waals surface area contributed by atoms with Gasteiger partial charge in [-0.3, -0.25) is 0 Å². The molecular formula is C16H17ClN2O3. The molecule has 0 atom stereocenters. The van der Waals surface area contributed by atoms with Crippen LogP contribution in [0.3, 0.4) is 0 Å². The fourth-order valence-electron chi connectivity index (χ4n) is 2.02. The van der Waals surface area contributed by atoms with Gasteiger partial charge in [-0.1, -0.05) is 36.7 Å². The predicted molar refractivity (Wildman–Crippen MR) is 83.8 cm³/mol. The van der Waals surface area contributed by atoms with Gasteiger partial charge in [0, 0.05) is 22.7 Å². The Kier molecular flexibility index (Phi) is 5.33. The number of aromatic nitrogens is 2. The van der Waals surface area contributed by atoms with Crippen LogP contribution in [0.1, 0.15) is 40.8 Å². The molecule has 6 heteroatoms. The highest BCUT2D eigenvalue weighted by atomic mass is 35.5. The molecule has 1 N–H and O–H groups in total. The molecular weight excluding hydrogens is 304 g/mol. The van der Waals surface area contributed by atoms with Crippen molar-refractivity contribution in [3.05, 3.63) is 51.9 Å². The van der Waals surface area contributed by atoms with E-state index in [9.17, 15) is 4.79 Å². The largest absolute Gasteiger partial charge is 0.477 e. The summed E-state index contributed by atoms with van der Waals surface area (Å²) in [4.78, 5) is 19.2. The first-order chi connectivity index (χ1) is 10.5. The third-order valence-corrected chi connectivity index (χ3v) is 3.50. The van der Waals surface area contributed by atoms with Crippen LogP contribution >= 0.6 is 11.6 Å². The molecule has 0 aliphatic carbocycles. The van der Waals surface area contributed by atoms with E-state index in [1.54, 1.807) is 6.92 Å². The van der Waals surface area contributed by atoms with E-state index in [2.05, 4.69) is 9.97 Å². The third kappa shape index (κ3) is 3.74. The van der Waals surface area contributed by atoms with Gasteiger partial charge in [0.05, 0.1) is 6.61 Å². The summed E-state index contributed by atoms with van der Waals surface area (Å²) in [5.41, 5.74) is 2.25. The highest BCUT2D eigenvalue weighted by Crippen LogP contribution is 2.26. The van der Waals surface area contributed by atoms with Gasteiger partial charge >= 0.3 is 5.97 Å². The highest BCUT2D eigenvalue weighted by Gasteiger charge is 2.18. The third-order valence-electron chi connectivity index (χ3n) is 3.14. The van der Waals surface area contributed by atoms with Crippen molar-refractivity contribution in [2.24, 2.45) is 0 Å². The number of hydrogen-bond donors (Lipinski definition) is 1. The van der Waals surface area contributed by atoms with Gasteiger partial charge in [-0.05, 0) is 25.0 Å². The zero-order valence-electron chi connectivity index (χ0n) is 12.5. The van der Waals surface area contributed by atoms with Crippen molar-refractivity contribution in [3.63, 3.8) is 0 Å². The number of hydrogen-bond acceptors (Lipinski definition) is 4. The van der Waals surface area contributed by atoms with E-state index in [4.69, 9.17) is 21.4 Å². The van der Waals surface area contributed by atoms with Crippen LogP contribution < -0.4 is 4.74 Å². The fourth-order valence-corrected chi connectivity index (χ4v) is 2.22. The predicted octanol–water partition coefficient (Wildman–Crippen LogP) is 3.52. The number of carboxylic acids is 1. The Morgan fingerprint density at radius 3 is 2.68 bits per heavy atom. The van der Waals surface area contributed by atoms with E-state index in [1.807, 2.05) is 31.2 Å². The van der Waals surface area contributed by atoms with Crippen LogP contribution in [0.15, 0.2) is 24.3 Å². The maximum atomic E-state index is 11.1. The molecule has 0 spiro atoms. The molecule has 0 aliphatic heterocycles. The Hall–Kier alpha value is -2.14. The average Bonchev–Trinajstić information content (AvgIpc) is 2.49. The molecule has 22 heavy (non-hydrogen) atoms. The van der Waals surface area contributed by atoms with Crippen molar-refractivity contribution in [3.8, 4) is 5.88 Å². The molecule has 1 aromatic heterocycles. The average molecular weight is 321 g/mol. The summed E-state index contributed by atoms with van der Waals surface area (Å²) in [5, 5.41) is 9.73. The molecule has 2 rings (SSSR count). The van der Waals surface area contributed by atoms with E-state index in [0.717, 1.165) is 17.5 Å². The van der Waals surface area contributed by atoms with Crippen molar-refractivity contribution in [2.45, 2.75) is 26.7 Å². The molecule has 5 nitrogen and oxygen atoms in total. The van der Waals surface area contributed by atoms with Crippen molar-refractivity contribution in [1.82, 2.24) is 9.97 Å². The molecule has 0 saturated carbocycles. The molecule has 0 aliphatic rings. The second-order valence-electron chi connectivity index (χ2n) is 4.84. The normalized spacial score (nSPS) is 10.5. The SMILES string of the molecule is CCCOc1nc(C(=O)O)nc(C)c1Cc1ccccc1Cl. The van der Waals surface area contributed by atoms with E-state index in [-0.39, 0.29) is 5.82 Å². The zero-order chi connectivity index (χ0) is 16.1. The number of carboxylic acid groups (broad SMARTS) is 1. The van der Waals surface area contributed by atoms with E-state index < -0.39 is 5.97 Å². The number of halogens is 1. The maximum Gasteiger partial charge on any atom is 0.374 e. The summed E-state index contributed by atoms with van der Waals surface area (Å²) in [7, 11) is 0. The van der Waals surface area contributed by atoms with Crippen LogP contribution in [0.25, 0.3) is 0 Å². The first-order valence-corrected chi connectivity index (χ1v) is 7.37. The van der Waals surface area contributed by atoms with Crippen LogP contribution in [0.2, 0.25) is 5.02 Å². The Balaban J connectivity index is 2.44. The van der Waals surface area contributed by atoms with Crippen molar-refractivity contribution >= 4 is 17.6 Å². The molecule has 0 unspecified atom stereocenters. The quantitative estimate of drug-likeness (QED) is 0.881. The second kappa shape index (κ2) is 7.22. The first kappa shape index (κ1) is 16.2. The van der Waals surface area contributed by atoms with Crippen LogP contribution in [-0.2, 0) is 6.42 Å². The van der Waals surface area contributed by atoms with Gasteiger partial charge in [-0.15, -0.1) is 0 Å². The van der Waals surface area contributed by atoms with Gasteiger partial charge in [-0.2, -0.15) is 4.98 Å². The lowest BCUT2D eigenvalue weighted by Crippen LogP contribution is -2.12. The second-order valence-corrected chi connectivity index (χ2v) is 5.25. The summed E-state index contributed by atoms with van der Waals surface area (Å²) in [6, 6.07) is 7.48. The summed E-state index contributed by atoms with van der Waals surface area (Å²) >= 11 is 6.19. The lowest BCUT2D eigenvalue weighted by molar-refractivity contribution is 0.0681. The number of ether oxygens (including phenoxy) is 1. The number of benzene rings is 1. The first-order valence-electron chi connectivity index (χ1n) is 7.00. The minimum atomic E-state index is -1.17. The van der Waals surface area contributed by atoms with Gasteiger partial charge in [-0.25, -0.2) is 9.78 Å². The topological polar surface area (TPSA) is 72.3 Å². The molecule has 0 radical (unpaired) electrons. The summed E-state index contributed by atoms with van der Waals surface area (Å²) in [6.07, 6.45) is 1.29. The molecule has 116 valence electrons. The standard InChI is InChI=1S/C16H17ClN2O3/c1-3-8-22-15-12(9-11-6-4-5-7-13(11)17)10(2)18-14(19-15)16(20)21/h4-7H,3,8-9H2,1-2H3,(H,20,21). The molecule has 2 aromatic rings. The monoisotopic (exact) mass is 320 g/mol. The van der Waals surface area contributed by atoms with Crippen LogP contribution in [-0.4, -0.2) is 27.7 Å². The van der Waals surface area contributed by atoms with Crippen molar-refractivity contribution in [2.75, 3.05) is 6.61 Å². The smallest absolute Gasteiger partial charge is 0.374 e. The number of nitrogens with zero attached hydrogens (tertiary/aromatic N) is 2. The van der Waals surface area contributed by atoms with Gasteiger partial charge in [0.2, 0.25) is 11.7 Å². The number of carbonyl (C=O) groups is 1. The van der Waals surface area contributed by atoms with Crippen LogP contribution in [0.4, 0.5) is 0 Å². The van der Waals surface area contributed by atoms with Gasteiger partial charge in [0.15, 0.2) is 0 Å². The van der Waals surface area contributed by atoms with Crippen LogP contribution in [0, 0.1) is 6.92 Å². The molecule has 0 amide bonds. The minimum Gasteiger partial charge on any atom is -0.477 e. The van der Waals surface area contributed by atoms with E-state index >= 15 is 0 Å². The Morgan fingerprint density at radius 2 is 2.05 bits per heavy atom. The molecule has 0 bridgehead atoms. The molecule has 0 fully saturated rings. The van der Waals surface area contributed by atoms with Gasteiger partial charge in [0.1, 0.15) is 0 Å². The van der Waals surface area contributed by atoms with Crippen molar-refractivity contribution < 1.29 is 14.6 Å². The van der Waals surface area contributed by atoms with E-state index in [1.165, 1.54) is 0 Å². The van der Waals surface area contributed by atoms with E-state index in [0.29, 0.717) is 29.6 Å². The molecule has 0 saturated heterocycles. The molecule has 1 heterocycles. The number of aryl methyl sites for hydroxylation is 1. The Labute approximate surface area is 133 Å². The van der Waals surface area contributed by atoms with Gasteiger partial charge < -0.3 is 9.84 Å². The summed E-state index contributed by atoms with van der Waals surface area (Å²) in [5.74, 6) is -1.12. The maximum absolute atomic E-state index is 11.1. The van der Waals surface area contributed by atoms with Crippen molar-refractivity contribution in [1.29, 1.82) is 0 Å². The lowest BCUT2D eigenvalue weighted by Gasteiger charge is -2.13. The number of aromatic carboxylic acids is 1. The van der Waals surface area contributed by atoms with Crippen LogP contribution in [0.5, 0.6) is 5.88 Å². The fraction of sp³-hybridized carbons (Fsp3) is 0.312. The zero-order valence-corrected chi connectivity index (χ0v) is 13.2. The summed E-state index contributed by atoms with van der Waals surface area (Å²) in [6.45, 7) is 4.18. The van der Waals surface area contributed by atoms with Gasteiger partial charge in [0.25, 0.3) is 0 Å². The minimum absolute atomic E-state index is 0.258. The summed E-state index contributed by atoms with van der Waals surface area (Å²) < 4.78 is 5.61. The lowest BCUT2D eigenvalue weighted by atomic mass is 10.0. The Morgan fingerprint density at radius 1 is 1.32 bits per heavy atom.